The average molecular weight is 360 g/mol. The van der Waals surface area contributed by atoms with Gasteiger partial charge in [0.1, 0.15) is 11.4 Å². The zero-order chi connectivity index (χ0) is 18.3. The first-order chi connectivity index (χ1) is 11.1. The third-order valence-corrected chi connectivity index (χ3v) is 3.28. The van der Waals surface area contributed by atoms with E-state index in [-0.39, 0.29) is 24.6 Å². The maximum Gasteiger partial charge on any atom is 0.407 e. The van der Waals surface area contributed by atoms with E-state index in [0.717, 1.165) is 0 Å². The van der Waals surface area contributed by atoms with Gasteiger partial charge < -0.3 is 14.8 Å². The van der Waals surface area contributed by atoms with Gasteiger partial charge in [0.05, 0.1) is 17.5 Å². The Balaban J connectivity index is 2.75. The molecule has 0 spiro atoms. The van der Waals surface area contributed by atoms with Crippen LogP contribution in [0.1, 0.15) is 33.3 Å². The van der Waals surface area contributed by atoms with Crippen molar-refractivity contribution in [2.24, 2.45) is 5.92 Å². The van der Waals surface area contributed by atoms with E-state index in [1.54, 1.807) is 33.8 Å². The number of amides is 1. The number of rotatable bonds is 6. The highest BCUT2D eigenvalue weighted by atomic mass is 35.5. The van der Waals surface area contributed by atoms with Crippen LogP contribution in [0.2, 0.25) is 5.02 Å². The lowest BCUT2D eigenvalue weighted by molar-refractivity contribution is -0.147. The summed E-state index contributed by atoms with van der Waals surface area (Å²) in [5, 5.41) is 2.56. The molecular formula is C17H23ClFNO4. The molecule has 1 aromatic carbocycles. The van der Waals surface area contributed by atoms with Crippen LogP contribution < -0.4 is 5.32 Å². The van der Waals surface area contributed by atoms with Crippen LogP contribution in [0.3, 0.4) is 0 Å². The second kappa shape index (κ2) is 8.87. The fourth-order valence-corrected chi connectivity index (χ4v) is 2.09. The molecule has 0 bridgehead atoms. The standard InChI is InChI=1S/C17H23ClFNO4/c1-5-23-15(21)12(10-20-16(22)24-17(2,3)4)8-11-6-7-13(18)14(19)9-11/h6-7,9,12H,5,8,10H2,1-4H3,(H,20,22). The Bertz CT molecular complexity index is 586. The summed E-state index contributed by atoms with van der Waals surface area (Å²) in [5.74, 6) is -1.68. The number of carbonyl (C=O) groups is 2. The lowest BCUT2D eigenvalue weighted by Gasteiger charge is -2.21. The molecule has 0 saturated carbocycles. The van der Waals surface area contributed by atoms with Crippen LogP contribution in [-0.4, -0.2) is 30.8 Å². The largest absolute Gasteiger partial charge is 0.466 e. The van der Waals surface area contributed by atoms with Crippen LogP contribution in [0.5, 0.6) is 0 Å². The molecule has 0 aliphatic heterocycles. The van der Waals surface area contributed by atoms with Gasteiger partial charge in [-0.25, -0.2) is 9.18 Å². The zero-order valence-electron chi connectivity index (χ0n) is 14.3. The molecule has 1 atom stereocenters. The fourth-order valence-electron chi connectivity index (χ4n) is 1.97. The van der Waals surface area contributed by atoms with E-state index in [1.807, 2.05) is 0 Å². The molecule has 0 fully saturated rings. The molecule has 7 heteroatoms. The smallest absolute Gasteiger partial charge is 0.407 e. The first-order valence-electron chi connectivity index (χ1n) is 7.69. The highest BCUT2D eigenvalue weighted by molar-refractivity contribution is 6.30. The number of hydrogen-bond acceptors (Lipinski definition) is 4. The summed E-state index contributed by atoms with van der Waals surface area (Å²) in [6.45, 7) is 7.16. The quantitative estimate of drug-likeness (QED) is 0.786. The van der Waals surface area contributed by atoms with E-state index in [4.69, 9.17) is 21.1 Å². The molecule has 1 N–H and O–H groups in total. The number of ether oxygens (including phenoxy) is 2. The van der Waals surface area contributed by atoms with Gasteiger partial charge >= 0.3 is 12.1 Å². The van der Waals surface area contributed by atoms with Crippen LogP contribution in [0, 0.1) is 11.7 Å². The summed E-state index contributed by atoms with van der Waals surface area (Å²) >= 11 is 5.65. The predicted molar refractivity (Wildman–Crippen MR) is 89.5 cm³/mol. The molecule has 1 unspecified atom stereocenters. The molecule has 1 rings (SSSR count). The van der Waals surface area contributed by atoms with Crippen molar-refractivity contribution in [2.75, 3.05) is 13.2 Å². The summed E-state index contributed by atoms with van der Waals surface area (Å²) in [5.41, 5.74) is -0.0519. The average Bonchev–Trinajstić information content (AvgIpc) is 2.45. The highest BCUT2D eigenvalue weighted by Gasteiger charge is 2.23. The Morgan fingerprint density at radius 1 is 1.33 bits per heavy atom. The van der Waals surface area contributed by atoms with Crippen molar-refractivity contribution >= 4 is 23.7 Å². The molecule has 1 aromatic rings. The Hall–Kier alpha value is -1.82. The lowest BCUT2D eigenvalue weighted by atomic mass is 9.99. The van der Waals surface area contributed by atoms with Gasteiger partial charge in [-0.3, -0.25) is 4.79 Å². The van der Waals surface area contributed by atoms with Crippen molar-refractivity contribution in [1.82, 2.24) is 5.32 Å². The number of benzene rings is 1. The van der Waals surface area contributed by atoms with E-state index in [1.165, 1.54) is 12.1 Å². The van der Waals surface area contributed by atoms with Crippen LogP contribution in [0.15, 0.2) is 18.2 Å². The van der Waals surface area contributed by atoms with Crippen LogP contribution in [0.25, 0.3) is 0 Å². The molecular weight excluding hydrogens is 337 g/mol. The second-order valence-electron chi connectivity index (χ2n) is 6.28. The number of carbonyl (C=O) groups excluding carboxylic acids is 2. The molecule has 0 aliphatic rings. The van der Waals surface area contributed by atoms with E-state index < -0.39 is 29.4 Å². The molecule has 24 heavy (non-hydrogen) atoms. The van der Waals surface area contributed by atoms with Crippen LogP contribution in [-0.2, 0) is 20.7 Å². The predicted octanol–water partition coefficient (Wildman–Crippen LogP) is 3.73. The summed E-state index contributed by atoms with van der Waals surface area (Å²) in [7, 11) is 0. The number of nitrogens with one attached hydrogen (secondary N) is 1. The topological polar surface area (TPSA) is 64.6 Å². The Kier molecular flexibility index (Phi) is 7.48. The maximum absolute atomic E-state index is 13.5. The third-order valence-electron chi connectivity index (χ3n) is 2.98. The summed E-state index contributed by atoms with van der Waals surface area (Å²) in [6, 6.07) is 4.32. The highest BCUT2D eigenvalue weighted by Crippen LogP contribution is 2.18. The van der Waals surface area contributed by atoms with Crippen LogP contribution >= 0.6 is 11.6 Å². The Morgan fingerprint density at radius 2 is 2.00 bits per heavy atom. The van der Waals surface area contributed by atoms with Gasteiger partial charge in [-0.1, -0.05) is 17.7 Å². The summed E-state index contributed by atoms with van der Waals surface area (Å²) in [6.07, 6.45) is -0.415. The van der Waals surface area contributed by atoms with Crippen molar-refractivity contribution in [3.63, 3.8) is 0 Å². The second-order valence-corrected chi connectivity index (χ2v) is 6.69. The molecule has 0 heterocycles. The zero-order valence-corrected chi connectivity index (χ0v) is 15.1. The lowest BCUT2D eigenvalue weighted by Crippen LogP contribution is -2.38. The van der Waals surface area contributed by atoms with E-state index >= 15 is 0 Å². The van der Waals surface area contributed by atoms with Crippen molar-refractivity contribution in [1.29, 1.82) is 0 Å². The number of halogens is 2. The van der Waals surface area contributed by atoms with Crippen molar-refractivity contribution in [3.05, 3.63) is 34.6 Å². The first kappa shape index (κ1) is 20.2. The minimum Gasteiger partial charge on any atom is -0.466 e. The molecule has 1 amide bonds. The first-order valence-corrected chi connectivity index (χ1v) is 8.07. The molecule has 0 aromatic heterocycles. The number of alkyl carbamates (subject to hydrolysis) is 1. The van der Waals surface area contributed by atoms with Crippen molar-refractivity contribution in [3.8, 4) is 0 Å². The molecule has 134 valence electrons. The van der Waals surface area contributed by atoms with Gasteiger partial charge in [-0.05, 0) is 51.8 Å². The van der Waals surface area contributed by atoms with E-state index in [0.29, 0.717) is 5.56 Å². The number of esters is 1. The van der Waals surface area contributed by atoms with Gasteiger partial charge in [0.25, 0.3) is 0 Å². The normalized spacial score (nSPS) is 12.4. The molecule has 5 nitrogen and oxygen atoms in total. The van der Waals surface area contributed by atoms with Gasteiger partial charge in [0.15, 0.2) is 0 Å². The van der Waals surface area contributed by atoms with Crippen LogP contribution in [0.4, 0.5) is 9.18 Å². The third kappa shape index (κ3) is 7.17. The van der Waals surface area contributed by atoms with E-state index in [2.05, 4.69) is 5.32 Å². The SMILES string of the molecule is CCOC(=O)C(CNC(=O)OC(C)(C)C)Cc1ccc(Cl)c(F)c1. The Labute approximate surface area is 146 Å². The summed E-state index contributed by atoms with van der Waals surface area (Å²) in [4.78, 5) is 23.8. The van der Waals surface area contributed by atoms with Gasteiger partial charge in [-0.2, -0.15) is 0 Å². The van der Waals surface area contributed by atoms with Crippen molar-refractivity contribution < 1.29 is 23.5 Å². The molecule has 0 radical (unpaired) electrons. The molecule has 0 aliphatic carbocycles. The Morgan fingerprint density at radius 3 is 2.54 bits per heavy atom. The molecule has 0 saturated heterocycles. The van der Waals surface area contributed by atoms with Crippen molar-refractivity contribution in [2.45, 2.75) is 39.7 Å². The fraction of sp³-hybridized carbons (Fsp3) is 0.529. The maximum atomic E-state index is 13.5. The summed E-state index contributed by atoms with van der Waals surface area (Å²) < 4.78 is 23.7. The van der Waals surface area contributed by atoms with Gasteiger partial charge in [-0.15, -0.1) is 0 Å². The van der Waals surface area contributed by atoms with Gasteiger partial charge in [0, 0.05) is 6.54 Å². The monoisotopic (exact) mass is 359 g/mol. The van der Waals surface area contributed by atoms with E-state index in [9.17, 15) is 14.0 Å². The minimum absolute atomic E-state index is 0.0123. The minimum atomic E-state index is -0.655. The number of hydrogen-bond donors (Lipinski definition) is 1. The van der Waals surface area contributed by atoms with Gasteiger partial charge in [0.2, 0.25) is 0 Å².